The SMILES string of the molecule is N#Cc1nnn(CCCO)c1COc1ccccc1Cl. The first-order valence-electron chi connectivity index (χ1n) is 6.07. The molecule has 0 aliphatic rings. The van der Waals surface area contributed by atoms with E-state index in [4.69, 9.17) is 26.7 Å². The maximum absolute atomic E-state index is 9.01. The van der Waals surface area contributed by atoms with E-state index < -0.39 is 0 Å². The number of aliphatic hydroxyl groups is 1. The second-order valence-electron chi connectivity index (χ2n) is 4.02. The van der Waals surface area contributed by atoms with Crippen LogP contribution in [0.3, 0.4) is 0 Å². The van der Waals surface area contributed by atoms with E-state index in [-0.39, 0.29) is 18.9 Å². The molecular weight excluding hydrogens is 280 g/mol. The second kappa shape index (κ2) is 6.89. The van der Waals surface area contributed by atoms with Crippen molar-refractivity contribution in [2.45, 2.75) is 19.6 Å². The topological polar surface area (TPSA) is 84.0 Å². The summed E-state index contributed by atoms with van der Waals surface area (Å²) in [5, 5.41) is 26.0. The third kappa shape index (κ3) is 3.26. The van der Waals surface area contributed by atoms with Gasteiger partial charge in [-0.05, 0) is 18.6 Å². The Labute approximate surface area is 121 Å². The van der Waals surface area contributed by atoms with Crippen molar-refractivity contribution in [1.29, 1.82) is 5.26 Å². The average Bonchev–Trinajstić information content (AvgIpc) is 2.86. The standard InChI is InChI=1S/C13H13ClN4O2/c14-10-4-1-2-5-13(10)20-9-12-11(8-15)16-17-18(12)6-3-7-19/h1-2,4-5,19H,3,6-7,9H2. The van der Waals surface area contributed by atoms with Crippen molar-refractivity contribution in [3.63, 3.8) is 0 Å². The van der Waals surface area contributed by atoms with Crippen LogP contribution in [0.15, 0.2) is 24.3 Å². The fraction of sp³-hybridized carbons (Fsp3) is 0.308. The Hall–Kier alpha value is -2.10. The summed E-state index contributed by atoms with van der Waals surface area (Å²) in [5.41, 5.74) is 0.788. The lowest BCUT2D eigenvalue weighted by Gasteiger charge is -2.09. The summed E-state index contributed by atoms with van der Waals surface area (Å²) in [5.74, 6) is 0.535. The Kier molecular flexibility index (Phi) is 4.93. The number of halogens is 1. The van der Waals surface area contributed by atoms with Gasteiger partial charge in [0, 0.05) is 13.2 Å². The van der Waals surface area contributed by atoms with Crippen molar-refractivity contribution in [3.8, 4) is 11.8 Å². The van der Waals surface area contributed by atoms with Crippen molar-refractivity contribution < 1.29 is 9.84 Å². The minimum atomic E-state index is 0.0482. The lowest BCUT2D eigenvalue weighted by atomic mass is 10.3. The molecule has 104 valence electrons. The highest BCUT2D eigenvalue weighted by molar-refractivity contribution is 6.32. The largest absolute Gasteiger partial charge is 0.486 e. The summed E-state index contributed by atoms with van der Waals surface area (Å²) in [6, 6.07) is 9.07. The van der Waals surface area contributed by atoms with Crippen LogP contribution in [0, 0.1) is 11.3 Å². The number of nitrogens with zero attached hydrogens (tertiary/aromatic N) is 4. The molecule has 0 spiro atoms. The fourth-order valence-corrected chi connectivity index (χ4v) is 1.86. The molecule has 0 saturated carbocycles. The lowest BCUT2D eigenvalue weighted by Crippen LogP contribution is -2.10. The molecule has 0 aliphatic heterocycles. The lowest BCUT2D eigenvalue weighted by molar-refractivity contribution is 0.265. The van der Waals surface area contributed by atoms with Gasteiger partial charge in [0.1, 0.15) is 24.1 Å². The highest BCUT2D eigenvalue weighted by Gasteiger charge is 2.13. The summed E-state index contributed by atoms with van der Waals surface area (Å²) in [7, 11) is 0. The molecule has 6 nitrogen and oxygen atoms in total. The minimum absolute atomic E-state index is 0.0482. The van der Waals surface area contributed by atoms with Gasteiger partial charge in [-0.25, -0.2) is 4.68 Å². The Bertz CT molecular complexity index is 621. The first-order valence-corrected chi connectivity index (χ1v) is 6.44. The van der Waals surface area contributed by atoms with Gasteiger partial charge in [0.15, 0.2) is 5.69 Å². The first kappa shape index (κ1) is 14.3. The molecule has 0 amide bonds. The number of nitriles is 1. The first-order chi connectivity index (χ1) is 9.76. The van der Waals surface area contributed by atoms with E-state index in [2.05, 4.69) is 10.3 Å². The van der Waals surface area contributed by atoms with Crippen LogP contribution in [-0.4, -0.2) is 26.7 Å². The van der Waals surface area contributed by atoms with Crippen molar-refractivity contribution >= 4 is 11.6 Å². The van der Waals surface area contributed by atoms with Crippen LogP contribution in [0.25, 0.3) is 0 Å². The number of para-hydroxylation sites is 1. The number of ether oxygens (including phenoxy) is 1. The molecular formula is C13H13ClN4O2. The van der Waals surface area contributed by atoms with Crippen LogP contribution in [-0.2, 0) is 13.2 Å². The summed E-state index contributed by atoms with van der Waals surface area (Å²) in [4.78, 5) is 0. The predicted octanol–water partition coefficient (Wildman–Crippen LogP) is 1.76. The molecule has 0 atom stereocenters. The van der Waals surface area contributed by atoms with Crippen LogP contribution in [0.4, 0.5) is 0 Å². The number of hydrogen-bond donors (Lipinski definition) is 1. The van der Waals surface area contributed by atoms with Crippen LogP contribution in [0.2, 0.25) is 5.02 Å². The molecule has 0 saturated heterocycles. The van der Waals surface area contributed by atoms with Crippen molar-refractivity contribution in [1.82, 2.24) is 15.0 Å². The summed E-state index contributed by atoms with van der Waals surface area (Å²) in [6.07, 6.45) is 0.535. The van der Waals surface area contributed by atoms with Gasteiger partial charge < -0.3 is 9.84 Å². The molecule has 1 aromatic heterocycles. The van der Waals surface area contributed by atoms with Crippen LogP contribution in [0.1, 0.15) is 17.8 Å². The molecule has 1 aromatic carbocycles. The summed E-state index contributed by atoms with van der Waals surface area (Å²) in [6.45, 7) is 0.671. The number of aromatic nitrogens is 3. The second-order valence-corrected chi connectivity index (χ2v) is 4.42. The number of rotatable bonds is 6. The van der Waals surface area contributed by atoms with Crippen molar-refractivity contribution in [2.75, 3.05) is 6.61 Å². The predicted molar refractivity (Wildman–Crippen MR) is 72.2 cm³/mol. The highest BCUT2D eigenvalue weighted by Crippen LogP contribution is 2.24. The maximum Gasteiger partial charge on any atom is 0.189 e. The van der Waals surface area contributed by atoms with Gasteiger partial charge in [-0.3, -0.25) is 0 Å². The average molecular weight is 293 g/mol. The molecule has 0 fully saturated rings. The monoisotopic (exact) mass is 292 g/mol. The molecule has 0 bridgehead atoms. The normalized spacial score (nSPS) is 10.2. The highest BCUT2D eigenvalue weighted by atomic mass is 35.5. The van der Waals surface area contributed by atoms with E-state index in [1.165, 1.54) is 0 Å². The van der Waals surface area contributed by atoms with Gasteiger partial charge in [0.2, 0.25) is 0 Å². The number of aliphatic hydroxyl groups excluding tert-OH is 1. The molecule has 20 heavy (non-hydrogen) atoms. The van der Waals surface area contributed by atoms with E-state index >= 15 is 0 Å². The van der Waals surface area contributed by atoms with Crippen molar-refractivity contribution in [3.05, 3.63) is 40.7 Å². The maximum atomic E-state index is 9.01. The van der Waals surface area contributed by atoms with Crippen LogP contribution in [0.5, 0.6) is 5.75 Å². The van der Waals surface area contributed by atoms with Gasteiger partial charge in [0.05, 0.1) is 5.02 Å². The molecule has 0 unspecified atom stereocenters. The third-order valence-electron chi connectivity index (χ3n) is 2.67. The van der Waals surface area contributed by atoms with E-state index in [0.717, 1.165) is 0 Å². The van der Waals surface area contributed by atoms with E-state index in [0.29, 0.717) is 29.4 Å². The van der Waals surface area contributed by atoms with E-state index in [1.54, 1.807) is 16.8 Å². The number of benzene rings is 1. The molecule has 2 rings (SSSR count). The fourth-order valence-electron chi connectivity index (χ4n) is 1.67. The van der Waals surface area contributed by atoms with Gasteiger partial charge in [0.25, 0.3) is 0 Å². The van der Waals surface area contributed by atoms with Gasteiger partial charge >= 0.3 is 0 Å². The van der Waals surface area contributed by atoms with Crippen molar-refractivity contribution in [2.24, 2.45) is 0 Å². The Morgan fingerprint density at radius 3 is 2.90 bits per heavy atom. The quantitative estimate of drug-likeness (QED) is 0.877. The molecule has 1 heterocycles. The van der Waals surface area contributed by atoms with Crippen LogP contribution >= 0.6 is 11.6 Å². The molecule has 2 aromatic rings. The number of aryl methyl sites for hydroxylation is 1. The zero-order valence-corrected chi connectivity index (χ0v) is 11.4. The molecule has 1 N–H and O–H groups in total. The Balaban J connectivity index is 2.14. The van der Waals surface area contributed by atoms with Gasteiger partial charge in [-0.1, -0.05) is 28.9 Å². The zero-order valence-electron chi connectivity index (χ0n) is 10.7. The summed E-state index contributed by atoms with van der Waals surface area (Å²) < 4.78 is 7.16. The smallest absolute Gasteiger partial charge is 0.189 e. The molecule has 7 heteroatoms. The Morgan fingerprint density at radius 2 is 2.20 bits per heavy atom. The zero-order chi connectivity index (χ0) is 14.4. The number of hydrogen-bond acceptors (Lipinski definition) is 5. The minimum Gasteiger partial charge on any atom is -0.486 e. The molecule has 0 aliphatic carbocycles. The van der Waals surface area contributed by atoms with Crippen LogP contribution < -0.4 is 4.74 Å². The molecule has 0 radical (unpaired) electrons. The van der Waals surface area contributed by atoms with Gasteiger partial charge in [-0.15, -0.1) is 5.10 Å². The third-order valence-corrected chi connectivity index (χ3v) is 2.98. The summed E-state index contributed by atoms with van der Waals surface area (Å²) >= 11 is 6.00. The van der Waals surface area contributed by atoms with E-state index in [1.807, 2.05) is 18.2 Å². The Morgan fingerprint density at radius 1 is 1.40 bits per heavy atom. The van der Waals surface area contributed by atoms with Gasteiger partial charge in [-0.2, -0.15) is 5.26 Å². The van der Waals surface area contributed by atoms with E-state index in [9.17, 15) is 0 Å².